The SMILES string of the molecule is CCOCC(C)N1C(=O)NC(=O)C(C(C)C)C1=O. The normalized spacial score (nSPS) is 22.4. The Hall–Kier alpha value is -1.43. The van der Waals surface area contributed by atoms with Crippen molar-refractivity contribution in [2.45, 2.75) is 33.7 Å². The van der Waals surface area contributed by atoms with Crippen molar-refractivity contribution >= 4 is 17.8 Å². The number of hydrogen-bond acceptors (Lipinski definition) is 4. The third kappa shape index (κ3) is 2.87. The highest BCUT2D eigenvalue weighted by molar-refractivity contribution is 6.16. The molecule has 1 N–H and O–H groups in total. The van der Waals surface area contributed by atoms with E-state index in [-0.39, 0.29) is 18.6 Å². The fraction of sp³-hybridized carbons (Fsp3) is 0.750. The molecule has 1 aliphatic rings. The van der Waals surface area contributed by atoms with Crippen LogP contribution >= 0.6 is 0 Å². The molecule has 1 rings (SSSR count). The first-order valence-electron chi connectivity index (χ1n) is 6.15. The molecule has 2 unspecified atom stereocenters. The van der Waals surface area contributed by atoms with Crippen LogP contribution in [0.2, 0.25) is 0 Å². The van der Waals surface area contributed by atoms with Gasteiger partial charge in [-0.2, -0.15) is 0 Å². The molecule has 1 fully saturated rings. The van der Waals surface area contributed by atoms with E-state index in [1.54, 1.807) is 20.8 Å². The lowest BCUT2D eigenvalue weighted by atomic mass is 9.91. The van der Waals surface area contributed by atoms with Gasteiger partial charge in [-0.05, 0) is 19.8 Å². The van der Waals surface area contributed by atoms with E-state index < -0.39 is 23.8 Å². The van der Waals surface area contributed by atoms with Crippen LogP contribution in [0.15, 0.2) is 0 Å². The van der Waals surface area contributed by atoms with Gasteiger partial charge in [-0.1, -0.05) is 13.8 Å². The maximum Gasteiger partial charge on any atom is 0.331 e. The van der Waals surface area contributed by atoms with Crippen LogP contribution in [0, 0.1) is 11.8 Å². The molecule has 0 aromatic heterocycles. The van der Waals surface area contributed by atoms with Gasteiger partial charge >= 0.3 is 6.03 Å². The van der Waals surface area contributed by atoms with Crippen LogP contribution in [0.5, 0.6) is 0 Å². The maximum atomic E-state index is 12.2. The molecule has 102 valence electrons. The number of imide groups is 2. The quantitative estimate of drug-likeness (QED) is 0.737. The summed E-state index contributed by atoms with van der Waals surface area (Å²) in [5.41, 5.74) is 0. The Bertz CT molecular complexity index is 354. The smallest absolute Gasteiger partial charge is 0.331 e. The molecule has 1 heterocycles. The van der Waals surface area contributed by atoms with Crippen LogP contribution < -0.4 is 5.32 Å². The van der Waals surface area contributed by atoms with Crippen molar-refractivity contribution in [1.29, 1.82) is 0 Å². The number of nitrogens with zero attached hydrogens (tertiary/aromatic N) is 1. The van der Waals surface area contributed by atoms with Crippen molar-refractivity contribution in [2.24, 2.45) is 11.8 Å². The van der Waals surface area contributed by atoms with Crippen LogP contribution in [0.1, 0.15) is 27.7 Å². The summed E-state index contributed by atoms with van der Waals surface area (Å²) in [6, 6.07) is -1.04. The number of carbonyl (C=O) groups is 3. The second-order valence-electron chi connectivity index (χ2n) is 4.73. The van der Waals surface area contributed by atoms with Crippen LogP contribution in [0.25, 0.3) is 0 Å². The highest BCUT2D eigenvalue weighted by Crippen LogP contribution is 2.20. The minimum atomic E-state index is -0.799. The Morgan fingerprint density at radius 2 is 1.89 bits per heavy atom. The summed E-state index contributed by atoms with van der Waals surface area (Å²) in [7, 11) is 0. The zero-order valence-electron chi connectivity index (χ0n) is 11.2. The van der Waals surface area contributed by atoms with Crippen molar-refractivity contribution in [2.75, 3.05) is 13.2 Å². The van der Waals surface area contributed by atoms with Crippen LogP contribution in [-0.4, -0.2) is 42.0 Å². The summed E-state index contributed by atoms with van der Waals surface area (Å²) in [6.07, 6.45) is 0. The highest BCUT2D eigenvalue weighted by atomic mass is 16.5. The van der Waals surface area contributed by atoms with Crippen LogP contribution in [0.4, 0.5) is 4.79 Å². The van der Waals surface area contributed by atoms with Crippen LogP contribution in [-0.2, 0) is 14.3 Å². The highest BCUT2D eigenvalue weighted by Gasteiger charge is 2.43. The van der Waals surface area contributed by atoms with Crippen molar-refractivity contribution in [3.05, 3.63) is 0 Å². The minimum absolute atomic E-state index is 0.146. The Morgan fingerprint density at radius 1 is 1.28 bits per heavy atom. The number of nitrogens with one attached hydrogen (secondary N) is 1. The van der Waals surface area contributed by atoms with Crippen molar-refractivity contribution in [1.82, 2.24) is 10.2 Å². The van der Waals surface area contributed by atoms with E-state index in [0.29, 0.717) is 6.61 Å². The molecule has 0 aromatic carbocycles. The lowest BCUT2D eigenvalue weighted by Crippen LogP contribution is -2.62. The zero-order valence-corrected chi connectivity index (χ0v) is 11.2. The van der Waals surface area contributed by atoms with Crippen molar-refractivity contribution in [3.63, 3.8) is 0 Å². The minimum Gasteiger partial charge on any atom is -0.380 e. The largest absolute Gasteiger partial charge is 0.380 e. The van der Waals surface area contributed by atoms with Gasteiger partial charge < -0.3 is 4.74 Å². The number of hydrogen-bond donors (Lipinski definition) is 1. The summed E-state index contributed by atoms with van der Waals surface area (Å²) in [5.74, 6) is -1.90. The third-order valence-corrected chi connectivity index (χ3v) is 2.91. The molecule has 0 aromatic rings. The topological polar surface area (TPSA) is 75.7 Å². The average molecular weight is 256 g/mol. The second kappa shape index (κ2) is 5.95. The molecular weight excluding hydrogens is 236 g/mol. The molecule has 18 heavy (non-hydrogen) atoms. The number of amides is 4. The second-order valence-corrected chi connectivity index (χ2v) is 4.73. The van der Waals surface area contributed by atoms with Gasteiger partial charge in [-0.15, -0.1) is 0 Å². The summed E-state index contributed by atoms with van der Waals surface area (Å²) < 4.78 is 5.21. The number of barbiturate groups is 1. The molecule has 6 nitrogen and oxygen atoms in total. The first kappa shape index (κ1) is 14.6. The molecule has 0 aliphatic carbocycles. The maximum absolute atomic E-state index is 12.2. The van der Waals surface area contributed by atoms with Gasteiger partial charge in [0.1, 0.15) is 5.92 Å². The lowest BCUT2D eigenvalue weighted by molar-refractivity contribution is -0.146. The molecule has 2 atom stereocenters. The van der Waals surface area contributed by atoms with E-state index >= 15 is 0 Å². The Balaban J connectivity index is 2.86. The standard InChI is InChI=1S/C12H20N2O4/c1-5-18-6-8(4)14-11(16)9(7(2)3)10(15)13-12(14)17/h7-9H,5-6H2,1-4H3,(H,13,15,17). The van der Waals surface area contributed by atoms with Gasteiger partial charge in [-0.25, -0.2) is 4.79 Å². The third-order valence-electron chi connectivity index (χ3n) is 2.91. The summed E-state index contributed by atoms with van der Waals surface area (Å²) in [4.78, 5) is 36.6. The lowest BCUT2D eigenvalue weighted by Gasteiger charge is -2.35. The molecule has 0 saturated carbocycles. The Labute approximate surface area is 107 Å². The molecule has 4 amide bonds. The van der Waals surface area contributed by atoms with E-state index in [1.165, 1.54) is 0 Å². The molecule has 1 saturated heterocycles. The van der Waals surface area contributed by atoms with Crippen molar-refractivity contribution < 1.29 is 19.1 Å². The number of ether oxygens (including phenoxy) is 1. The summed E-state index contributed by atoms with van der Waals surface area (Å²) in [5, 5.41) is 2.22. The van der Waals surface area contributed by atoms with Gasteiger partial charge in [0.05, 0.1) is 12.6 Å². The van der Waals surface area contributed by atoms with E-state index in [0.717, 1.165) is 4.90 Å². The molecule has 0 radical (unpaired) electrons. The van der Waals surface area contributed by atoms with Gasteiger partial charge in [0.15, 0.2) is 0 Å². The van der Waals surface area contributed by atoms with E-state index in [2.05, 4.69) is 5.32 Å². The van der Waals surface area contributed by atoms with Crippen molar-refractivity contribution in [3.8, 4) is 0 Å². The van der Waals surface area contributed by atoms with Gasteiger partial charge in [0, 0.05) is 6.61 Å². The fourth-order valence-electron chi connectivity index (χ4n) is 1.97. The molecule has 1 aliphatic heterocycles. The average Bonchev–Trinajstić information content (AvgIpc) is 2.24. The van der Waals surface area contributed by atoms with E-state index in [9.17, 15) is 14.4 Å². The molecular formula is C12H20N2O4. The number of rotatable bonds is 5. The summed E-state index contributed by atoms with van der Waals surface area (Å²) >= 11 is 0. The Kier molecular flexibility index (Phi) is 4.84. The zero-order chi connectivity index (χ0) is 13.9. The van der Waals surface area contributed by atoms with Crippen LogP contribution in [0.3, 0.4) is 0 Å². The molecule has 0 spiro atoms. The molecule has 0 bridgehead atoms. The predicted molar refractivity (Wildman–Crippen MR) is 64.7 cm³/mol. The summed E-state index contributed by atoms with van der Waals surface area (Å²) in [6.45, 7) is 7.91. The monoisotopic (exact) mass is 256 g/mol. The number of urea groups is 1. The Morgan fingerprint density at radius 3 is 2.39 bits per heavy atom. The molecule has 6 heteroatoms. The fourth-order valence-corrected chi connectivity index (χ4v) is 1.97. The first-order valence-corrected chi connectivity index (χ1v) is 6.15. The number of carbonyl (C=O) groups excluding carboxylic acids is 3. The predicted octanol–water partition coefficient (Wildman–Crippen LogP) is 0.762. The first-order chi connectivity index (χ1) is 8.40. The van der Waals surface area contributed by atoms with Gasteiger partial charge in [-0.3, -0.25) is 19.8 Å². The van der Waals surface area contributed by atoms with Gasteiger partial charge in [0.2, 0.25) is 11.8 Å². The van der Waals surface area contributed by atoms with Gasteiger partial charge in [0.25, 0.3) is 0 Å². The van der Waals surface area contributed by atoms with E-state index in [1.807, 2.05) is 6.92 Å². The van der Waals surface area contributed by atoms with E-state index in [4.69, 9.17) is 4.74 Å².